The first-order chi connectivity index (χ1) is 9.70. The zero-order chi connectivity index (χ0) is 14.4. The maximum absolute atomic E-state index is 12.2. The van der Waals surface area contributed by atoms with Gasteiger partial charge in [0.1, 0.15) is 5.01 Å². The van der Waals surface area contributed by atoms with Gasteiger partial charge in [-0.05, 0) is 18.4 Å². The van der Waals surface area contributed by atoms with Gasteiger partial charge in [-0.25, -0.2) is 4.98 Å². The van der Waals surface area contributed by atoms with E-state index < -0.39 is 0 Å². The number of hydrogen-bond donors (Lipinski definition) is 2. The molecule has 106 valence electrons. The summed E-state index contributed by atoms with van der Waals surface area (Å²) in [6.07, 6.45) is 3.21. The standard InChI is InChI=1S/C15H18N2OS2/c1-2-12(15-16-8-9-20-15)17-14(18)13(19)10-11-6-4-3-5-7-11/h3-9,12-13,19H,2,10H2,1H3,(H,17,18). The van der Waals surface area contributed by atoms with Gasteiger partial charge >= 0.3 is 0 Å². The molecule has 0 radical (unpaired) electrons. The van der Waals surface area contributed by atoms with E-state index in [1.165, 1.54) is 0 Å². The summed E-state index contributed by atoms with van der Waals surface area (Å²) in [5.74, 6) is -0.0424. The van der Waals surface area contributed by atoms with E-state index in [4.69, 9.17) is 0 Å². The molecule has 2 aromatic rings. The number of rotatable bonds is 6. The lowest BCUT2D eigenvalue weighted by Crippen LogP contribution is -2.35. The molecule has 0 saturated carbocycles. The minimum atomic E-state index is -0.341. The smallest absolute Gasteiger partial charge is 0.233 e. The maximum atomic E-state index is 12.2. The number of hydrogen-bond acceptors (Lipinski definition) is 4. The zero-order valence-electron chi connectivity index (χ0n) is 11.3. The van der Waals surface area contributed by atoms with E-state index in [0.29, 0.717) is 6.42 Å². The van der Waals surface area contributed by atoms with Crippen molar-refractivity contribution in [2.75, 3.05) is 0 Å². The van der Waals surface area contributed by atoms with Crippen molar-refractivity contribution < 1.29 is 4.79 Å². The van der Waals surface area contributed by atoms with Crippen molar-refractivity contribution in [2.45, 2.75) is 31.1 Å². The molecule has 0 aliphatic rings. The Kier molecular flexibility index (Phi) is 5.61. The molecule has 3 nitrogen and oxygen atoms in total. The van der Waals surface area contributed by atoms with Crippen LogP contribution in [0.2, 0.25) is 0 Å². The van der Waals surface area contributed by atoms with Crippen molar-refractivity contribution in [3.63, 3.8) is 0 Å². The van der Waals surface area contributed by atoms with E-state index in [1.807, 2.05) is 42.6 Å². The number of nitrogens with one attached hydrogen (secondary N) is 1. The van der Waals surface area contributed by atoms with Gasteiger partial charge in [-0.2, -0.15) is 12.6 Å². The van der Waals surface area contributed by atoms with Gasteiger partial charge < -0.3 is 5.32 Å². The third-order valence-electron chi connectivity index (χ3n) is 3.05. The Morgan fingerprint density at radius 1 is 1.40 bits per heavy atom. The van der Waals surface area contributed by atoms with Crippen LogP contribution < -0.4 is 5.32 Å². The second-order valence-corrected chi connectivity index (χ2v) is 6.09. The molecule has 1 aromatic heterocycles. The summed E-state index contributed by atoms with van der Waals surface area (Å²) in [4.78, 5) is 16.5. The fourth-order valence-corrected chi connectivity index (χ4v) is 3.00. The highest BCUT2D eigenvalue weighted by Gasteiger charge is 2.20. The number of thiol groups is 1. The van der Waals surface area contributed by atoms with Crippen LogP contribution in [0.5, 0.6) is 0 Å². The second kappa shape index (κ2) is 7.45. The quantitative estimate of drug-likeness (QED) is 0.805. The minimum Gasteiger partial charge on any atom is -0.346 e. The molecular weight excluding hydrogens is 288 g/mol. The van der Waals surface area contributed by atoms with Gasteiger partial charge in [0.2, 0.25) is 5.91 Å². The van der Waals surface area contributed by atoms with E-state index >= 15 is 0 Å². The summed E-state index contributed by atoms with van der Waals surface area (Å²) in [6, 6.07) is 9.90. The Morgan fingerprint density at radius 2 is 2.15 bits per heavy atom. The Labute approximate surface area is 128 Å². The van der Waals surface area contributed by atoms with Gasteiger partial charge in [0, 0.05) is 11.6 Å². The number of amides is 1. The summed E-state index contributed by atoms with van der Waals surface area (Å²) in [5, 5.41) is 5.55. The minimum absolute atomic E-state index is 0.0204. The van der Waals surface area contributed by atoms with Crippen LogP contribution in [-0.4, -0.2) is 16.1 Å². The zero-order valence-corrected chi connectivity index (χ0v) is 13.0. The first kappa shape index (κ1) is 15.1. The maximum Gasteiger partial charge on any atom is 0.233 e. The lowest BCUT2D eigenvalue weighted by molar-refractivity contribution is -0.121. The molecule has 5 heteroatoms. The average Bonchev–Trinajstić information content (AvgIpc) is 2.99. The normalized spacial score (nSPS) is 13.7. The second-order valence-electron chi connectivity index (χ2n) is 4.55. The summed E-state index contributed by atoms with van der Waals surface area (Å²) in [5.41, 5.74) is 1.12. The number of carbonyl (C=O) groups is 1. The highest BCUT2D eigenvalue weighted by atomic mass is 32.1. The SMILES string of the molecule is CCC(NC(=O)C(S)Cc1ccccc1)c1nccs1. The van der Waals surface area contributed by atoms with E-state index in [-0.39, 0.29) is 17.2 Å². The third kappa shape index (κ3) is 4.08. The molecule has 2 atom stereocenters. The Bertz CT molecular complexity index is 528. The highest BCUT2D eigenvalue weighted by molar-refractivity contribution is 7.81. The van der Waals surface area contributed by atoms with Gasteiger partial charge in [0.15, 0.2) is 0 Å². The van der Waals surface area contributed by atoms with Crippen LogP contribution >= 0.6 is 24.0 Å². The van der Waals surface area contributed by atoms with E-state index in [9.17, 15) is 4.79 Å². The van der Waals surface area contributed by atoms with Gasteiger partial charge in [-0.3, -0.25) is 4.79 Å². The first-order valence-electron chi connectivity index (χ1n) is 6.62. The van der Waals surface area contributed by atoms with Crippen LogP contribution in [0, 0.1) is 0 Å². The molecule has 0 aliphatic carbocycles. The molecule has 1 aromatic carbocycles. The Morgan fingerprint density at radius 3 is 2.75 bits per heavy atom. The number of benzene rings is 1. The van der Waals surface area contributed by atoms with Crippen LogP contribution in [0.4, 0.5) is 0 Å². The molecule has 0 aliphatic heterocycles. The lowest BCUT2D eigenvalue weighted by Gasteiger charge is -2.17. The summed E-state index contributed by atoms with van der Waals surface area (Å²) in [6.45, 7) is 2.04. The van der Waals surface area contributed by atoms with Crippen LogP contribution in [-0.2, 0) is 11.2 Å². The fraction of sp³-hybridized carbons (Fsp3) is 0.333. The Balaban J connectivity index is 1.93. The molecule has 0 spiro atoms. The molecule has 0 fully saturated rings. The number of thiazole rings is 1. The molecule has 1 N–H and O–H groups in total. The van der Waals surface area contributed by atoms with Crippen LogP contribution in [0.25, 0.3) is 0 Å². The first-order valence-corrected chi connectivity index (χ1v) is 8.02. The molecule has 0 saturated heterocycles. The van der Waals surface area contributed by atoms with E-state index in [2.05, 4.69) is 22.9 Å². The van der Waals surface area contributed by atoms with Crippen molar-refractivity contribution in [3.8, 4) is 0 Å². The van der Waals surface area contributed by atoms with Crippen molar-refractivity contribution in [2.24, 2.45) is 0 Å². The molecular formula is C15H18N2OS2. The number of aromatic nitrogens is 1. The van der Waals surface area contributed by atoms with Crippen molar-refractivity contribution >= 4 is 29.9 Å². The Hall–Kier alpha value is -1.33. The largest absolute Gasteiger partial charge is 0.346 e. The average molecular weight is 306 g/mol. The van der Waals surface area contributed by atoms with Gasteiger partial charge in [0.05, 0.1) is 11.3 Å². The van der Waals surface area contributed by atoms with E-state index in [1.54, 1.807) is 17.5 Å². The van der Waals surface area contributed by atoms with Crippen LogP contribution in [0.3, 0.4) is 0 Å². The van der Waals surface area contributed by atoms with Gasteiger partial charge in [-0.1, -0.05) is 37.3 Å². The lowest BCUT2D eigenvalue weighted by atomic mass is 10.1. The molecule has 1 heterocycles. The number of carbonyl (C=O) groups excluding carboxylic acids is 1. The van der Waals surface area contributed by atoms with Gasteiger partial charge in [-0.15, -0.1) is 11.3 Å². The predicted molar refractivity (Wildman–Crippen MR) is 86.2 cm³/mol. The topological polar surface area (TPSA) is 42.0 Å². The van der Waals surface area contributed by atoms with Crippen LogP contribution in [0.1, 0.15) is 30.0 Å². The molecule has 20 heavy (non-hydrogen) atoms. The monoisotopic (exact) mass is 306 g/mol. The molecule has 2 rings (SSSR count). The summed E-state index contributed by atoms with van der Waals surface area (Å²) < 4.78 is 0. The number of nitrogens with zero attached hydrogens (tertiary/aromatic N) is 1. The van der Waals surface area contributed by atoms with Crippen molar-refractivity contribution in [3.05, 3.63) is 52.5 Å². The van der Waals surface area contributed by atoms with Crippen molar-refractivity contribution in [1.29, 1.82) is 0 Å². The van der Waals surface area contributed by atoms with E-state index in [0.717, 1.165) is 17.0 Å². The molecule has 2 unspecified atom stereocenters. The highest BCUT2D eigenvalue weighted by Crippen LogP contribution is 2.19. The summed E-state index contributed by atoms with van der Waals surface area (Å²) in [7, 11) is 0. The molecule has 1 amide bonds. The third-order valence-corrected chi connectivity index (χ3v) is 4.36. The predicted octanol–water partition coefficient (Wildman–Crippen LogP) is 3.25. The van der Waals surface area contributed by atoms with Crippen molar-refractivity contribution in [1.82, 2.24) is 10.3 Å². The van der Waals surface area contributed by atoms with Crippen LogP contribution in [0.15, 0.2) is 41.9 Å². The molecule has 0 bridgehead atoms. The fourth-order valence-electron chi connectivity index (χ4n) is 1.94. The summed E-state index contributed by atoms with van der Waals surface area (Å²) >= 11 is 5.98. The van der Waals surface area contributed by atoms with Gasteiger partial charge in [0.25, 0.3) is 0 Å².